The highest BCUT2D eigenvalue weighted by Gasteiger charge is 2.30. The van der Waals surface area contributed by atoms with E-state index < -0.39 is 0 Å². The van der Waals surface area contributed by atoms with Crippen LogP contribution in [0.4, 0.5) is 0 Å². The Morgan fingerprint density at radius 3 is 2.71 bits per heavy atom. The molecule has 4 atom stereocenters. The number of thioether (sulfide) groups is 1. The van der Waals surface area contributed by atoms with Gasteiger partial charge >= 0.3 is 0 Å². The van der Waals surface area contributed by atoms with Crippen molar-refractivity contribution >= 4 is 11.8 Å². The lowest BCUT2D eigenvalue weighted by molar-refractivity contribution is 0.437. The molecule has 0 saturated heterocycles. The molecular formula is C11H22N2S. The van der Waals surface area contributed by atoms with Crippen LogP contribution in [0.5, 0.6) is 0 Å². The number of rotatable bonds is 3. The van der Waals surface area contributed by atoms with E-state index in [1.165, 1.54) is 38.5 Å². The normalized spacial score (nSPS) is 43.3. The van der Waals surface area contributed by atoms with Gasteiger partial charge in [-0.15, -0.1) is 0 Å². The Labute approximate surface area is 91.4 Å². The number of nitrogens with two attached hydrogens (primary N) is 1. The van der Waals surface area contributed by atoms with Gasteiger partial charge in [-0.05, 0) is 38.4 Å². The zero-order valence-electron chi connectivity index (χ0n) is 9.04. The van der Waals surface area contributed by atoms with Crippen LogP contribution in [0.25, 0.3) is 0 Å². The monoisotopic (exact) mass is 214 g/mol. The van der Waals surface area contributed by atoms with Gasteiger partial charge in [0.1, 0.15) is 0 Å². The van der Waals surface area contributed by atoms with Crippen molar-refractivity contribution in [1.82, 2.24) is 5.32 Å². The molecule has 0 spiro atoms. The Bertz CT molecular complexity index is 186. The quantitative estimate of drug-likeness (QED) is 0.751. The first-order valence-corrected chi connectivity index (χ1v) is 7.13. The Morgan fingerprint density at radius 1 is 1.21 bits per heavy atom. The van der Waals surface area contributed by atoms with Crippen LogP contribution in [0, 0.1) is 0 Å². The summed E-state index contributed by atoms with van der Waals surface area (Å²) in [6.07, 6.45) is 10.1. The smallest absolute Gasteiger partial charge is 0.0198 e. The third kappa shape index (κ3) is 2.44. The molecule has 0 amide bonds. The minimum absolute atomic E-state index is 0.460. The second kappa shape index (κ2) is 4.86. The minimum atomic E-state index is 0.460. The topological polar surface area (TPSA) is 38.0 Å². The zero-order valence-corrected chi connectivity index (χ0v) is 9.85. The predicted molar refractivity (Wildman–Crippen MR) is 63.7 cm³/mol. The third-order valence-electron chi connectivity index (χ3n) is 3.68. The molecule has 2 rings (SSSR count). The van der Waals surface area contributed by atoms with Crippen molar-refractivity contribution in [2.75, 3.05) is 6.26 Å². The molecule has 4 unspecified atom stereocenters. The van der Waals surface area contributed by atoms with Gasteiger partial charge in [0.05, 0.1) is 0 Å². The molecule has 14 heavy (non-hydrogen) atoms. The average molecular weight is 214 g/mol. The summed E-state index contributed by atoms with van der Waals surface area (Å²) in [5, 5.41) is 4.66. The summed E-state index contributed by atoms with van der Waals surface area (Å²) in [6, 6.07) is 1.93. The molecule has 2 aliphatic carbocycles. The summed E-state index contributed by atoms with van der Waals surface area (Å²) < 4.78 is 0. The molecular weight excluding hydrogens is 192 g/mol. The van der Waals surface area contributed by atoms with Crippen LogP contribution < -0.4 is 11.1 Å². The molecule has 0 radical (unpaired) electrons. The van der Waals surface area contributed by atoms with Crippen LogP contribution in [0.2, 0.25) is 0 Å². The molecule has 2 saturated carbocycles. The van der Waals surface area contributed by atoms with Crippen molar-refractivity contribution in [1.29, 1.82) is 0 Å². The van der Waals surface area contributed by atoms with Crippen molar-refractivity contribution in [2.45, 2.75) is 61.9 Å². The highest BCUT2D eigenvalue weighted by atomic mass is 32.2. The fraction of sp³-hybridized carbons (Fsp3) is 1.00. The molecule has 2 fully saturated rings. The summed E-state index contributed by atoms with van der Waals surface area (Å²) >= 11 is 2.03. The third-order valence-corrected chi connectivity index (χ3v) is 4.85. The summed E-state index contributed by atoms with van der Waals surface area (Å²) in [5.41, 5.74) is 5.92. The lowest BCUT2D eigenvalue weighted by atomic mass is 10.1. The summed E-state index contributed by atoms with van der Waals surface area (Å²) in [7, 11) is 0. The molecule has 0 aromatic carbocycles. The van der Waals surface area contributed by atoms with Gasteiger partial charge in [0.2, 0.25) is 0 Å². The van der Waals surface area contributed by atoms with Crippen molar-refractivity contribution in [3.63, 3.8) is 0 Å². The van der Waals surface area contributed by atoms with Crippen molar-refractivity contribution in [2.24, 2.45) is 5.73 Å². The van der Waals surface area contributed by atoms with Gasteiger partial charge in [0.25, 0.3) is 0 Å². The van der Waals surface area contributed by atoms with Crippen LogP contribution in [-0.4, -0.2) is 29.6 Å². The number of hydrogen-bond acceptors (Lipinski definition) is 3. The largest absolute Gasteiger partial charge is 0.328 e. The van der Waals surface area contributed by atoms with E-state index in [4.69, 9.17) is 5.73 Å². The van der Waals surface area contributed by atoms with Crippen LogP contribution in [0.15, 0.2) is 0 Å². The summed E-state index contributed by atoms with van der Waals surface area (Å²) in [6.45, 7) is 0. The Kier molecular flexibility index (Phi) is 3.74. The first kappa shape index (κ1) is 10.8. The van der Waals surface area contributed by atoms with Crippen LogP contribution in [0.1, 0.15) is 38.5 Å². The van der Waals surface area contributed by atoms with E-state index in [0.717, 1.165) is 11.3 Å². The second-order valence-corrected chi connectivity index (χ2v) is 5.83. The van der Waals surface area contributed by atoms with Crippen molar-refractivity contribution in [3.8, 4) is 0 Å². The van der Waals surface area contributed by atoms with E-state index in [1.54, 1.807) is 0 Å². The molecule has 82 valence electrons. The van der Waals surface area contributed by atoms with E-state index in [9.17, 15) is 0 Å². The van der Waals surface area contributed by atoms with Gasteiger partial charge in [-0.1, -0.05) is 6.42 Å². The Morgan fingerprint density at radius 2 is 2.07 bits per heavy atom. The molecule has 3 N–H and O–H groups in total. The molecule has 0 heterocycles. The standard InChI is InChI=1S/C11H22N2S/c1-14-11-4-2-3-10(11)13-9-6-5-8(12)7-9/h8-11,13H,2-7,12H2,1H3. The SMILES string of the molecule is CSC1CCCC1NC1CCC(N)C1. The van der Waals surface area contributed by atoms with E-state index in [-0.39, 0.29) is 0 Å². The van der Waals surface area contributed by atoms with E-state index in [1.807, 2.05) is 11.8 Å². The van der Waals surface area contributed by atoms with Crippen LogP contribution in [0.3, 0.4) is 0 Å². The Balaban J connectivity index is 1.79. The van der Waals surface area contributed by atoms with Gasteiger partial charge in [-0.2, -0.15) is 11.8 Å². The summed E-state index contributed by atoms with van der Waals surface area (Å²) in [5.74, 6) is 0. The van der Waals surface area contributed by atoms with Crippen molar-refractivity contribution in [3.05, 3.63) is 0 Å². The fourth-order valence-electron chi connectivity index (χ4n) is 2.87. The van der Waals surface area contributed by atoms with Gasteiger partial charge in [0.15, 0.2) is 0 Å². The van der Waals surface area contributed by atoms with Gasteiger partial charge < -0.3 is 11.1 Å². The maximum absolute atomic E-state index is 5.92. The molecule has 0 bridgehead atoms. The lowest BCUT2D eigenvalue weighted by Gasteiger charge is -2.23. The fourth-order valence-corrected chi connectivity index (χ4v) is 3.81. The number of nitrogens with one attached hydrogen (secondary N) is 1. The predicted octanol–water partition coefficient (Wildman–Crippen LogP) is 1.74. The molecule has 2 nitrogen and oxygen atoms in total. The lowest BCUT2D eigenvalue weighted by Crippen LogP contribution is -2.40. The van der Waals surface area contributed by atoms with E-state index in [0.29, 0.717) is 12.1 Å². The van der Waals surface area contributed by atoms with Crippen LogP contribution in [-0.2, 0) is 0 Å². The number of hydrogen-bond donors (Lipinski definition) is 2. The highest BCUT2D eigenvalue weighted by molar-refractivity contribution is 7.99. The van der Waals surface area contributed by atoms with E-state index in [2.05, 4.69) is 11.6 Å². The summed E-state index contributed by atoms with van der Waals surface area (Å²) in [4.78, 5) is 0. The average Bonchev–Trinajstić information content (AvgIpc) is 2.76. The first-order valence-electron chi connectivity index (χ1n) is 5.84. The molecule has 0 aliphatic heterocycles. The maximum atomic E-state index is 5.92. The zero-order chi connectivity index (χ0) is 9.97. The molecule has 3 heteroatoms. The second-order valence-electron chi connectivity index (χ2n) is 4.75. The molecule has 2 aliphatic rings. The van der Waals surface area contributed by atoms with Crippen molar-refractivity contribution < 1.29 is 0 Å². The molecule has 0 aromatic heterocycles. The van der Waals surface area contributed by atoms with Gasteiger partial charge in [-0.3, -0.25) is 0 Å². The van der Waals surface area contributed by atoms with Crippen LogP contribution >= 0.6 is 11.8 Å². The van der Waals surface area contributed by atoms with Gasteiger partial charge in [-0.25, -0.2) is 0 Å². The van der Waals surface area contributed by atoms with E-state index >= 15 is 0 Å². The first-order chi connectivity index (χ1) is 6.79. The maximum Gasteiger partial charge on any atom is 0.0198 e. The molecule has 0 aromatic rings. The highest BCUT2D eigenvalue weighted by Crippen LogP contribution is 2.30. The van der Waals surface area contributed by atoms with Gasteiger partial charge in [0, 0.05) is 23.4 Å². The Hall–Kier alpha value is 0.270. The minimum Gasteiger partial charge on any atom is -0.328 e.